The number of halogens is 1. The van der Waals surface area contributed by atoms with Crippen molar-refractivity contribution in [2.45, 2.75) is 52.1 Å². The van der Waals surface area contributed by atoms with E-state index in [2.05, 4.69) is 44.9 Å². The Balaban J connectivity index is 1.81. The molecule has 8 heteroatoms. The molecule has 0 radical (unpaired) electrons. The van der Waals surface area contributed by atoms with Gasteiger partial charge in [-0.05, 0) is 56.1 Å². The summed E-state index contributed by atoms with van der Waals surface area (Å²) >= 11 is 3.65. The Morgan fingerprint density at radius 1 is 1.03 bits per heavy atom. The van der Waals surface area contributed by atoms with Gasteiger partial charge in [0.05, 0.1) is 25.3 Å². The van der Waals surface area contributed by atoms with Gasteiger partial charge in [-0.3, -0.25) is 0 Å². The number of ether oxygens (including phenoxy) is 2. The van der Waals surface area contributed by atoms with Gasteiger partial charge in [0.1, 0.15) is 22.8 Å². The fourth-order valence-corrected chi connectivity index (χ4v) is 4.75. The van der Waals surface area contributed by atoms with Crippen LogP contribution >= 0.6 is 15.9 Å². The zero-order chi connectivity index (χ0) is 24.8. The molecule has 0 amide bonds. The van der Waals surface area contributed by atoms with Crippen molar-refractivity contribution < 1.29 is 9.47 Å². The number of unbranched alkanes of at least 4 members (excludes halogenated alkanes) is 2. The number of aryl methyl sites for hydroxylation is 2. The van der Waals surface area contributed by atoms with Gasteiger partial charge in [-0.2, -0.15) is 0 Å². The van der Waals surface area contributed by atoms with Crippen LogP contribution in [0.5, 0.6) is 11.5 Å². The molecule has 3 N–H and O–H groups in total. The Morgan fingerprint density at radius 3 is 2.63 bits per heavy atom. The fraction of sp³-hybridized carbons (Fsp3) is 0.407. The lowest BCUT2D eigenvalue weighted by Crippen LogP contribution is -2.07. The Hall–Kier alpha value is -2.84. The summed E-state index contributed by atoms with van der Waals surface area (Å²) in [6, 6.07) is 12.1. The van der Waals surface area contributed by atoms with Gasteiger partial charge < -0.3 is 25.1 Å². The average Bonchev–Trinajstić information content (AvgIpc) is 3.25. The maximum Gasteiger partial charge on any atom is 0.155 e. The second kappa shape index (κ2) is 11.7. The first kappa shape index (κ1) is 25.3. The number of nitrogens with zero attached hydrogens (tertiary/aromatic N) is 3. The number of imidazole rings is 1. The summed E-state index contributed by atoms with van der Waals surface area (Å²) in [7, 11) is 3.33. The van der Waals surface area contributed by atoms with Crippen LogP contribution in [-0.4, -0.2) is 35.3 Å². The number of hydrogen-bond acceptors (Lipinski definition) is 6. The molecule has 0 aliphatic rings. The van der Waals surface area contributed by atoms with Crippen LogP contribution in [0.2, 0.25) is 0 Å². The summed E-state index contributed by atoms with van der Waals surface area (Å²) in [5, 5.41) is 4.65. The molecule has 0 spiro atoms. The molecule has 0 unspecified atom stereocenters. The van der Waals surface area contributed by atoms with Gasteiger partial charge in [-0.1, -0.05) is 29.3 Å². The lowest BCUT2D eigenvalue weighted by atomic mass is 10.1. The highest BCUT2D eigenvalue weighted by atomic mass is 79.9. The maximum absolute atomic E-state index is 5.80. The fourth-order valence-electron chi connectivity index (χ4n) is 4.39. The van der Waals surface area contributed by atoms with Gasteiger partial charge in [-0.15, -0.1) is 0 Å². The third-order valence-electron chi connectivity index (χ3n) is 6.25. The second-order valence-corrected chi connectivity index (χ2v) is 9.55. The highest BCUT2D eigenvalue weighted by Gasteiger charge is 2.19. The average molecular weight is 541 g/mol. The number of fused-ring (bicyclic) bond motifs is 3. The van der Waals surface area contributed by atoms with E-state index in [1.165, 1.54) is 0 Å². The van der Waals surface area contributed by atoms with E-state index in [9.17, 15) is 0 Å². The quantitative estimate of drug-likeness (QED) is 0.213. The summed E-state index contributed by atoms with van der Waals surface area (Å²) in [4.78, 5) is 10.1. The normalized spacial score (nSPS) is 11.3. The molecule has 0 aliphatic heterocycles. The van der Waals surface area contributed by atoms with Crippen molar-refractivity contribution in [3.63, 3.8) is 0 Å². The zero-order valence-electron chi connectivity index (χ0n) is 20.7. The standard InChI is InChI=1S/C27H34BrN5O2/c1-4-5-8-24-32-25-26(33(24)14-7-6-13-29)21-15-19(28)10-12-22(21)31-27(25)30-17-18-9-11-20(34-2)16-23(18)35-3/h9-12,15-16H,4-8,13-14,17,29H2,1-3H3,(H,30,31). The molecule has 7 nitrogen and oxygen atoms in total. The summed E-state index contributed by atoms with van der Waals surface area (Å²) in [6.45, 7) is 4.36. The van der Waals surface area contributed by atoms with Crippen molar-refractivity contribution in [2.75, 3.05) is 26.1 Å². The third-order valence-corrected chi connectivity index (χ3v) is 6.74. The maximum atomic E-state index is 5.80. The predicted octanol–water partition coefficient (Wildman–Crippen LogP) is 6.06. The van der Waals surface area contributed by atoms with Crippen LogP contribution in [0.15, 0.2) is 40.9 Å². The Morgan fingerprint density at radius 2 is 1.89 bits per heavy atom. The van der Waals surface area contributed by atoms with Crippen LogP contribution in [-0.2, 0) is 19.5 Å². The molecule has 2 aromatic carbocycles. The molecule has 2 heterocycles. The van der Waals surface area contributed by atoms with E-state index in [1.54, 1.807) is 14.2 Å². The molecule has 0 saturated carbocycles. The van der Waals surface area contributed by atoms with Gasteiger partial charge in [0.25, 0.3) is 0 Å². The number of nitrogens with two attached hydrogens (primary N) is 1. The summed E-state index contributed by atoms with van der Waals surface area (Å²) < 4.78 is 14.3. The predicted molar refractivity (Wildman–Crippen MR) is 147 cm³/mol. The van der Waals surface area contributed by atoms with Crippen molar-refractivity contribution in [3.8, 4) is 11.5 Å². The topological polar surface area (TPSA) is 87.2 Å². The largest absolute Gasteiger partial charge is 0.497 e. The monoisotopic (exact) mass is 539 g/mol. The van der Waals surface area contributed by atoms with E-state index in [1.807, 2.05) is 24.3 Å². The Bertz CT molecular complexity index is 1300. The molecule has 0 fully saturated rings. The van der Waals surface area contributed by atoms with Gasteiger partial charge >= 0.3 is 0 Å². The van der Waals surface area contributed by atoms with Gasteiger partial charge in [0.15, 0.2) is 5.82 Å². The minimum atomic E-state index is 0.557. The first-order chi connectivity index (χ1) is 17.1. The van der Waals surface area contributed by atoms with Crippen LogP contribution in [0.1, 0.15) is 44.0 Å². The molecule has 186 valence electrons. The molecule has 2 aromatic heterocycles. The molecule has 0 atom stereocenters. The van der Waals surface area contributed by atoms with E-state index in [-0.39, 0.29) is 0 Å². The Labute approximate surface area is 215 Å². The Kier molecular flexibility index (Phi) is 8.46. The van der Waals surface area contributed by atoms with Crippen LogP contribution < -0.4 is 20.5 Å². The number of pyridine rings is 1. The number of hydrogen-bond donors (Lipinski definition) is 2. The molecular weight excluding hydrogens is 506 g/mol. The second-order valence-electron chi connectivity index (χ2n) is 8.63. The molecule has 4 aromatic rings. The number of aromatic nitrogens is 3. The molecule has 0 aliphatic carbocycles. The lowest BCUT2D eigenvalue weighted by molar-refractivity contribution is 0.391. The van der Waals surface area contributed by atoms with Crippen LogP contribution in [0.25, 0.3) is 21.9 Å². The van der Waals surface area contributed by atoms with E-state index >= 15 is 0 Å². The van der Waals surface area contributed by atoms with E-state index in [0.29, 0.717) is 13.1 Å². The van der Waals surface area contributed by atoms with Gasteiger partial charge in [-0.25, -0.2) is 9.97 Å². The lowest BCUT2D eigenvalue weighted by Gasteiger charge is -2.14. The molecule has 35 heavy (non-hydrogen) atoms. The molecule has 0 saturated heterocycles. The van der Waals surface area contributed by atoms with Gasteiger partial charge in [0, 0.05) is 41.0 Å². The number of benzene rings is 2. The van der Waals surface area contributed by atoms with Crippen LogP contribution in [0.4, 0.5) is 5.82 Å². The summed E-state index contributed by atoms with van der Waals surface area (Å²) in [5.41, 5.74) is 9.79. The SMILES string of the molecule is CCCCc1nc2c(NCc3ccc(OC)cc3OC)nc3ccc(Br)cc3c2n1CCCCN. The van der Waals surface area contributed by atoms with Crippen LogP contribution in [0, 0.1) is 0 Å². The van der Waals surface area contributed by atoms with E-state index in [0.717, 1.165) is 93.8 Å². The number of anilines is 1. The summed E-state index contributed by atoms with van der Waals surface area (Å²) in [5.74, 6) is 3.43. The minimum absolute atomic E-state index is 0.557. The molecular formula is C27H34BrN5O2. The molecule has 0 bridgehead atoms. The molecule has 4 rings (SSSR count). The minimum Gasteiger partial charge on any atom is -0.497 e. The van der Waals surface area contributed by atoms with Gasteiger partial charge in [0.2, 0.25) is 0 Å². The van der Waals surface area contributed by atoms with Crippen LogP contribution in [0.3, 0.4) is 0 Å². The highest BCUT2D eigenvalue weighted by Crippen LogP contribution is 2.33. The van der Waals surface area contributed by atoms with E-state index < -0.39 is 0 Å². The zero-order valence-corrected chi connectivity index (χ0v) is 22.3. The number of nitrogens with one attached hydrogen (secondary N) is 1. The number of rotatable bonds is 12. The van der Waals surface area contributed by atoms with Crippen molar-refractivity contribution in [1.29, 1.82) is 0 Å². The highest BCUT2D eigenvalue weighted by molar-refractivity contribution is 9.10. The number of methoxy groups -OCH3 is 2. The van der Waals surface area contributed by atoms with E-state index in [4.69, 9.17) is 25.2 Å². The van der Waals surface area contributed by atoms with Crippen molar-refractivity contribution in [2.24, 2.45) is 5.73 Å². The van der Waals surface area contributed by atoms with Crippen molar-refractivity contribution in [1.82, 2.24) is 14.5 Å². The summed E-state index contributed by atoms with van der Waals surface area (Å²) in [6.07, 6.45) is 5.17. The smallest absolute Gasteiger partial charge is 0.155 e. The first-order valence-corrected chi connectivity index (χ1v) is 13.0. The van der Waals surface area contributed by atoms with Crippen molar-refractivity contribution >= 4 is 43.7 Å². The first-order valence-electron chi connectivity index (χ1n) is 12.2. The third kappa shape index (κ3) is 5.54. The van der Waals surface area contributed by atoms with Crippen molar-refractivity contribution in [3.05, 3.63) is 52.3 Å².